The van der Waals surface area contributed by atoms with Crippen molar-refractivity contribution in [1.82, 2.24) is 14.9 Å². The zero-order valence-corrected chi connectivity index (χ0v) is 21.8. The predicted molar refractivity (Wildman–Crippen MR) is 151 cm³/mol. The highest BCUT2D eigenvalue weighted by Gasteiger charge is 2.24. The lowest BCUT2D eigenvalue weighted by atomic mass is 10.0. The lowest BCUT2D eigenvalue weighted by Crippen LogP contribution is -2.47. The van der Waals surface area contributed by atoms with E-state index in [2.05, 4.69) is 55.1 Å². The molecule has 1 aromatic heterocycles. The van der Waals surface area contributed by atoms with Crippen LogP contribution in [0, 0.1) is 11.6 Å². The Bertz CT molecular complexity index is 1410. The molecule has 3 aromatic carbocycles. The first-order valence-corrected chi connectivity index (χ1v) is 13.6. The number of aliphatic imine (C=N–C) groups is 1. The zero-order chi connectivity index (χ0) is 26.6. The van der Waals surface area contributed by atoms with Gasteiger partial charge in [0, 0.05) is 56.4 Å². The average Bonchev–Trinajstić information content (AvgIpc) is 3.47. The number of nitrogens with zero attached hydrogens (tertiary/aromatic N) is 5. The predicted octanol–water partition coefficient (Wildman–Crippen LogP) is 6.11. The molecule has 0 spiro atoms. The molecule has 7 heteroatoms. The van der Waals surface area contributed by atoms with Crippen LogP contribution in [-0.4, -0.2) is 53.3 Å². The van der Waals surface area contributed by atoms with Gasteiger partial charge in [-0.3, -0.25) is 9.89 Å². The molecule has 1 saturated heterocycles. The molecule has 39 heavy (non-hydrogen) atoms. The maximum atomic E-state index is 14.2. The molecule has 0 aliphatic carbocycles. The van der Waals surface area contributed by atoms with Gasteiger partial charge in [0.15, 0.2) is 0 Å². The van der Waals surface area contributed by atoms with Crippen LogP contribution in [0.5, 0.6) is 0 Å². The van der Waals surface area contributed by atoms with Gasteiger partial charge in [-0.1, -0.05) is 60.7 Å². The lowest BCUT2D eigenvalue weighted by Gasteiger charge is -2.34. The highest BCUT2D eigenvalue weighted by molar-refractivity contribution is 6.02. The Balaban J connectivity index is 1.05. The van der Waals surface area contributed by atoms with Crippen molar-refractivity contribution in [2.75, 3.05) is 37.6 Å². The molecule has 1 fully saturated rings. The summed E-state index contributed by atoms with van der Waals surface area (Å²) in [5.74, 6) is -0.345. The molecule has 0 amide bonds. The summed E-state index contributed by atoms with van der Waals surface area (Å²) in [5.41, 5.74) is 4.90. The van der Waals surface area contributed by atoms with E-state index in [-0.39, 0.29) is 11.6 Å². The fourth-order valence-corrected chi connectivity index (χ4v) is 5.43. The van der Waals surface area contributed by atoms with E-state index in [9.17, 15) is 8.78 Å². The molecule has 2 aliphatic heterocycles. The van der Waals surface area contributed by atoms with Crippen LogP contribution in [0.15, 0.2) is 90.2 Å². The molecule has 0 bridgehead atoms. The molecule has 0 saturated carbocycles. The summed E-state index contributed by atoms with van der Waals surface area (Å²) in [6.07, 6.45) is 6.13. The Morgan fingerprint density at radius 1 is 0.744 bits per heavy atom. The quantitative estimate of drug-likeness (QED) is 0.293. The monoisotopic (exact) mass is 523 g/mol. The third-order valence-corrected chi connectivity index (χ3v) is 7.70. The van der Waals surface area contributed by atoms with Crippen molar-refractivity contribution >= 4 is 11.7 Å². The van der Waals surface area contributed by atoms with E-state index < -0.39 is 11.6 Å². The van der Waals surface area contributed by atoms with Crippen molar-refractivity contribution in [1.29, 1.82) is 0 Å². The standard InChI is InChI=1S/C32H31F2N5/c33-27-7-4-8-28(34)31(27)30-14-13-29(37-30)25-11-9-24(10-12-25)26-21-35-32(36-22-26)39-19-17-38(18-20-39)16-15-23-5-2-1-3-6-23/h1-12,21-22,29H,13-20H2. The van der Waals surface area contributed by atoms with Gasteiger partial charge in [-0.05, 0) is 48.1 Å². The Labute approximate surface area is 227 Å². The summed E-state index contributed by atoms with van der Waals surface area (Å²) in [6, 6.07) is 22.6. The largest absolute Gasteiger partial charge is 0.338 e. The maximum absolute atomic E-state index is 14.2. The van der Waals surface area contributed by atoms with Crippen molar-refractivity contribution in [3.63, 3.8) is 0 Å². The van der Waals surface area contributed by atoms with Gasteiger partial charge in [0.05, 0.1) is 11.6 Å². The van der Waals surface area contributed by atoms with E-state index >= 15 is 0 Å². The summed E-state index contributed by atoms with van der Waals surface area (Å²) in [5, 5.41) is 0. The van der Waals surface area contributed by atoms with Gasteiger partial charge < -0.3 is 4.90 Å². The van der Waals surface area contributed by atoms with E-state index in [4.69, 9.17) is 0 Å². The first kappa shape index (κ1) is 25.3. The first-order valence-electron chi connectivity index (χ1n) is 13.6. The van der Waals surface area contributed by atoms with Gasteiger partial charge >= 0.3 is 0 Å². The van der Waals surface area contributed by atoms with E-state index in [0.717, 1.165) is 68.2 Å². The van der Waals surface area contributed by atoms with Crippen LogP contribution < -0.4 is 4.90 Å². The minimum absolute atomic E-state index is 0.00227. The number of anilines is 1. The van der Waals surface area contributed by atoms with Crippen LogP contribution in [0.25, 0.3) is 11.1 Å². The molecule has 1 atom stereocenters. The molecule has 0 radical (unpaired) electrons. The van der Waals surface area contributed by atoms with Crippen LogP contribution in [0.2, 0.25) is 0 Å². The summed E-state index contributed by atoms with van der Waals surface area (Å²) in [6.45, 7) is 4.93. The van der Waals surface area contributed by atoms with Crippen LogP contribution in [-0.2, 0) is 6.42 Å². The Kier molecular flexibility index (Phi) is 7.41. The SMILES string of the molecule is Fc1cccc(F)c1C1=NC(c2ccc(-c3cnc(N4CCN(CCc5ccccc5)CC4)nc3)cc2)CC1. The van der Waals surface area contributed by atoms with Gasteiger partial charge in [-0.2, -0.15) is 0 Å². The van der Waals surface area contributed by atoms with Crippen LogP contribution in [0.1, 0.15) is 35.6 Å². The Morgan fingerprint density at radius 3 is 2.13 bits per heavy atom. The summed E-state index contributed by atoms with van der Waals surface area (Å²) >= 11 is 0. The molecule has 0 N–H and O–H groups in total. The minimum atomic E-state index is -0.557. The number of hydrogen-bond donors (Lipinski definition) is 0. The molecule has 1 unspecified atom stereocenters. The minimum Gasteiger partial charge on any atom is -0.338 e. The van der Waals surface area contributed by atoms with Gasteiger partial charge in [0.2, 0.25) is 5.95 Å². The normalized spacial score (nSPS) is 17.8. The summed E-state index contributed by atoms with van der Waals surface area (Å²) in [4.78, 5) is 18.7. The van der Waals surface area contributed by atoms with Crippen molar-refractivity contribution in [3.8, 4) is 11.1 Å². The first-order chi connectivity index (χ1) is 19.1. The number of hydrogen-bond acceptors (Lipinski definition) is 5. The highest BCUT2D eigenvalue weighted by atomic mass is 19.1. The number of halogens is 2. The number of benzene rings is 3. The van der Waals surface area contributed by atoms with E-state index in [1.54, 1.807) is 0 Å². The van der Waals surface area contributed by atoms with Gasteiger partial charge in [-0.25, -0.2) is 18.7 Å². The van der Waals surface area contributed by atoms with E-state index in [0.29, 0.717) is 12.1 Å². The molecule has 2 aliphatic rings. The third kappa shape index (κ3) is 5.73. The number of rotatable bonds is 7. The van der Waals surface area contributed by atoms with Crippen molar-refractivity contribution in [2.24, 2.45) is 4.99 Å². The Morgan fingerprint density at radius 2 is 1.44 bits per heavy atom. The van der Waals surface area contributed by atoms with Gasteiger partial charge in [-0.15, -0.1) is 0 Å². The van der Waals surface area contributed by atoms with Crippen molar-refractivity contribution in [3.05, 3.63) is 114 Å². The van der Waals surface area contributed by atoms with Crippen LogP contribution >= 0.6 is 0 Å². The topological polar surface area (TPSA) is 44.6 Å². The second-order valence-electron chi connectivity index (χ2n) is 10.2. The molecular formula is C32H31F2N5. The summed E-state index contributed by atoms with van der Waals surface area (Å²) < 4.78 is 28.4. The molecule has 4 aromatic rings. The maximum Gasteiger partial charge on any atom is 0.225 e. The fourth-order valence-electron chi connectivity index (χ4n) is 5.43. The lowest BCUT2D eigenvalue weighted by molar-refractivity contribution is 0.260. The highest BCUT2D eigenvalue weighted by Crippen LogP contribution is 2.33. The number of aromatic nitrogens is 2. The summed E-state index contributed by atoms with van der Waals surface area (Å²) in [7, 11) is 0. The molecule has 198 valence electrons. The molecular weight excluding hydrogens is 492 g/mol. The van der Waals surface area contributed by atoms with Crippen LogP contribution in [0.4, 0.5) is 14.7 Å². The Hall–Kier alpha value is -3.97. The third-order valence-electron chi connectivity index (χ3n) is 7.70. The molecule has 5 nitrogen and oxygen atoms in total. The van der Waals surface area contributed by atoms with E-state index in [1.165, 1.54) is 23.8 Å². The number of piperazine rings is 1. The van der Waals surface area contributed by atoms with E-state index in [1.807, 2.05) is 36.7 Å². The van der Waals surface area contributed by atoms with Crippen LogP contribution in [0.3, 0.4) is 0 Å². The second-order valence-corrected chi connectivity index (χ2v) is 10.2. The molecule has 3 heterocycles. The average molecular weight is 524 g/mol. The fraction of sp³-hybridized carbons (Fsp3) is 0.281. The van der Waals surface area contributed by atoms with Gasteiger partial charge in [0.25, 0.3) is 0 Å². The van der Waals surface area contributed by atoms with Gasteiger partial charge in [0.1, 0.15) is 11.6 Å². The zero-order valence-electron chi connectivity index (χ0n) is 21.8. The second kappa shape index (κ2) is 11.4. The van der Waals surface area contributed by atoms with Crippen molar-refractivity contribution in [2.45, 2.75) is 25.3 Å². The van der Waals surface area contributed by atoms with Crippen molar-refractivity contribution < 1.29 is 8.78 Å². The smallest absolute Gasteiger partial charge is 0.225 e. The molecule has 6 rings (SSSR count).